The van der Waals surface area contributed by atoms with E-state index < -0.39 is 12.0 Å². The van der Waals surface area contributed by atoms with Gasteiger partial charge in [0.1, 0.15) is 0 Å². The smallest absolute Gasteiger partial charge is 0.548 e. The zero-order valence-corrected chi connectivity index (χ0v) is 13.5. The number of hydrogen-bond acceptors (Lipinski definition) is 4. The molecule has 1 aromatic carbocycles. The van der Waals surface area contributed by atoms with Crippen LogP contribution in [0.15, 0.2) is 52.8 Å². The van der Waals surface area contributed by atoms with Crippen molar-refractivity contribution in [2.75, 3.05) is 0 Å². The van der Waals surface area contributed by atoms with Gasteiger partial charge in [0.2, 0.25) is 0 Å². The fourth-order valence-electron chi connectivity index (χ4n) is 1.56. The predicted octanol–water partition coefficient (Wildman–Crippen LogP) is -1.47. The van der Waals surface area contributed by atoms with Crippen molar-refractivity contribution in [1.82, 2.24) is 0 Å². The maximum atomic E-state index is 11.0. The Hall–Kier alpha value is -0.940. The summed E-state index contributed by atoms with van der Waals surface area (Å²) in [5.74, 6) is -1.15. The van der Waals surface area contributed by atoms with Crippen LogP contribution in [0.4, 0.5) is 0 Å². The number of aliphatic imine (C=N–C) groups is 1. The fraction of sp³-hybridized carbons (Fsp3) is 0.143. The molecular formula is C14H12NNaO2S. The average molecular weight is 281 g/mol. The molecule has 0 N–H and O–H groups in total. The number of aliphatic carboxylic acids is 1. The van der Waals surface area contributed by atoms with Crippen LogP contribution in [0.25, 0.3) is 0 Å². The largest absolute Gasteiger partial charge is 1.00 e. The molecule has 0 saturated heterocycles. The van der Waals surface area contributed by atoms with Crippen molar-refractivity contribution in [1.29, 1.82) is 0 Å². The minimum absolute atomic E-state index is 0. The minimum Gasteiger partial charge on any atom is -0.548 e. The van der Waals surface area contributed by atoms with Crippen molar-refractivity contribution in [2.45, 2.75) is 12.5 Å². The van der Waals surface area contributed by atoms with Gasteiger partial charge in [-0.05, 0) is 17.0 Å². The molecule has 1 unspecified atom stereocenters. The summed E-state index contributed by atoms with van der Waals surface area (Å²) in [5.41, 5.74) is 0.940. The molecule has 0 aliphatic carbocycles. The third kappa shape index (κ3) is 5.28. The monoisotopic (exact) mass is 281 g/mol. The molecule has 19 heavy (non-hydrogen) atoms. The van der Waals surface area contributed by atoms with Gasteiger partial charge in [-0.3, -0.25) is 4.99 Å². The number of rotatable bonds is 5. The summed E-state index contributed by atoms with van der Waals surface area (Å²) in [4.78, 5) is 16.1. The number of carboxylic acid groups (broad SMARTS) is 1. The summed E-state index contributed by atoms with van der Waals surface area (Å²) in [5, 5.41) is 13.0. The molecule has 1 atom stereocenters. The molecule has 5 heteroatoms. The van der Waals surface area contributed by atoms with Gasteiger partial charge in [-0.15, -0.1) is 11.3 Å². The van der Waals surface area contributed by atoms with Gasteiger partial charge < -0.3 is 9.90 Å². The molecule has 2 rings (SSSR count). The number of carbonyl (C=O) groups excluding carboxylic acids is 1. The third-order valence-electron chi connectivity index (χ3n) is 2.47. The van der Waals surface area contributed by atoms with Crippen LogP contribution in [0.5, 0.6) is 0 Å². The van der Waals surface area contributed by atoms with Crippen LogP contribution in [0.2, 0.25) is 0 Å². The number of hydrogen-bond donors (Lipinski definition) is 0. The Morgan fingerprint density at radius 1 is 1.26 bits per heavy atom. The van der Waals surface area contributed by atoms with Crippen molar-refractivity contribution in [3.05, 3.63) is 58.3 Å². The van der Waals surface area contributed by atoms with E-state index in [1.54, 1.807) is 6.21 Å². The molecule has 0 fully saturated rings. The Labute approximate surface area is 138 Å². The first-order valence-electron chi connectivity index (χ1n) is 5.57. The molecule has 0 aliphatic rings. The normalized spacial score (nSPS) is 12.0. The molecule has 1 heterocycles. The SMILES string of the molecule is O=C([O-])C(Cc1ccccc1)N=Cc1cccs1.[Na+]. The first-order valence-corrected chi connectivity index (χ1v) is 6.45. The van der Waals surface area contributed by atoms with Crippen LogP contribution in [-0.4, -0.2) is 18.2 Å². The van der Waals surface area contributed by atoms with E-state index in [1.165, 1.54) is 11.3 Å². The van der Waals surface area contributed by atoms with Gasteiger partial charge in [0.05, 0.1) is 12.0 Å². The zero-order valence-electron chi connectivity index (χ0n) is 10.7. The van der Waals surface area contributed by atoms with Gasteiger partial charge >= 0.3 is 29.6 Å². The summed E-state index contributed by atoms with van der Waals surface area (Å²) >= 11 is 1.52. The van der Waals surface area contributed by atoms with Crippen LogP contribution in [0, 0.1) is 0 Å². The summed E-state index contributed by atoms with van der Waals surface area (Å²) in [6, 6.07) is 12.4. The van der Waals surface area contributed by atoms with Gasteiger partial charge in [-0.1, -0.05) is 36.4 Å². The van der Waals surface area contributed by atoms with Crippen molar-refractivity contribution >= 4 is 23.5 Å². The average Bonchev–Trinajstić information content (AvgIpc) is 2.88. The van der Waals surface area contributed by atoms with E-state index in [0.29, 0.717) is 6.42 Å². The van der Waals surface area contributed by atoms with Crippen molar-refractivity contribution in [3.8, 4) is 0 Å². The first-order chi connectivity index (χ1) is 8.75. The third-order valence-corrected chi connectivity index (χ3v) is 3.28. The Balaban J connectivity index is 0.00000180. The van der Waals surface area contributed by atoms with Crippen molar-refractivity contribution in [3.63, 3.8) is 0 Å². The number of benzene rings is 1. The van der Waals surface area contributed by atoms with E-state index in [9.17, 15) is 9.90 Å². The van der Waals surface area contributed by atoms with Gasteiger partial charge in [0.15, 0.2) is 0 Å². The van der Waals surface area contributed by atoms with Crippen LogP contribution >= 0.6 is 11.3 Å². The van der Waals surface area contributed by atoms with Gasteiger partial charge in [-0.2, -0.15) is 0 Å². The van der Waals surface area contributed by atoms with E-state index in [-0.39, 0.29) is 29.6 Å². The molecule has 2 aromatic rings. The van der Waals surface area contributed by atoms with Crippen molar-refractivity contribution in [2.24, 2.45) is 4.99 Å². The second-order valence-electron chi connectivity index (χ2n) is 3.82. The fourth-order valence-corrected chi connectivity index (χ4v) is 2.16. The second kappa shape index (κ2) is 8.27. The molecule has 3 nitrogen and oxygen atoms in total. The summed E-state index contributed by atoms with van der Waals surface area (Å²) in [6.45, 7) is 0. The number of thiophene rings is 1. The molecule has 0 amide bonds. The molecule has 0 aliphatic heterocycles. The van der Waals surface area contributed by atoms with Gasteiger partial charge in [0.25, 0.3) is 0 Å². The molecule has 0 bridgehead atoms. The maximum absolute atomic E-state index is 11.0. The Morgan fingerprint density at radius 2 is 2.00 bits per heavy atom. The predicted molar refractivity (Wildman–Crippen MR) is 70.9 cm³/mol. The van der Waals surface area contributed by atoms with Gasteiger partial charge in [-0.25, -0.2) is 0 Å². The van der Waals surface area contributed by atoms with E-state index in [0.717, 1.165) is 10.4 Å². The minimum atomic E-state index is -1.15. The van der Waals surface area contributed by atoms with E-state index >= 15 is 0 Å². The summed E-state index contributed by atoms with van der Waals surface area (Å²) in [7, 11) is 0. The molecule has 0 spiro atoms. The standard InChI is InChI=1S/C14H13NO2S.Na/c16-14(17)13(9-11-5-2-1-3-6-11)15-10-12-7-4-8-18-12;/h1-8,10,13H,9H2,(H,16,17);/q;+1/p-1. The molecule has 0 radical (unpaired) electrons. The Kier molecular flexibility index (Phi) is 7.02. The molecular weight excluding hydrogens is 269 g/mol. The van der Waals surface area contributed by atoms with Crippen LogP contribution in [0.3, 0.4) is 0 Å². The number of carboxylic acids is 1. The Bertz CT molecular complexity index is 526. The van der Waals surface area contributed by atoms with Gasteiger partial charge in [0, 0.05) is 17.5 Å². The topological polar surface area (TPSA) is 52.5 Å². The van der Waals surface area contributed by atoms with E-state index in [1.807, 2.05) is 47.8 Å². The van der Waals surface area contributed by atoms with Crippen LogP contribution < -0.4 is 34.7 Å². The molecule has 0 saturated carbocycles. The molecule has 1 aromatic heterocycles. The Morgan fingerprint density at radius 3 is 2.58 bits per heavy atom. The first kappa shape index (κ1) is 16.1. The van der Waals surface area contributed by atoms with Crippen LogP contribution in [0.1, 0.15) is 10.4 Å². The number of carbonyl (C=O) groups is 1. The van der Waals surface area contributed by atoms with Crippen molar-refractivity contribution < 1.29 is 39.5 Å². The maximum Gasteiger partial charge on any atom is 1.00 e. The molecule has 92 valence electrons. The van der Waals surface area contributed by atoms with E-state index in [4.69, 9.17) is 0 Å². The van der Waals surface area contributed by atoms with E-state index in [2.05, 4.69) is 4.99 Å². The summed E-state index contributed by atoms with van der Waals surface area (Å²) < 4.78 is 0. The zero-order chi connectivity index (χ0) is 12.8. The quantitative estimate of drug-likeness (QED) is 0.496. The number of nitrogens with zero attached hydrogens (tertiary/aromatic N) is 1. The van der Waals surface area contributed by atoms with Crippen LogP contribution in [-0.2, 0) is 11.2 Å². The second-order valence-corrected chi connectivity index (χ2v) is 4.80. The summed E-state index contributed by atoms with van der Waals surface area (Å²) in [6.07, 6.45) is 1.94.